The van der Waals surface area contributed by atoms with Crippen LogP contribution in [0.4, 0.5) is 17.6 Å². The van der Waals surface area contributed by atoms with E-state index in [-0.39, 0.29) is 45.3 Å². The summed E-state index contributed by atoms with van der Waals surface area (Å²) in [7, 11) is 0. The first-order chi connectivity index (χ1) is 14.3. The van der Waals surface area contributed by atoms with Crippen LogP contribution in [0.15, 0.2) is 121 Å². The van der Waals surface area contributed by atoms with Gasteiger partial charge in [0.05, 0.1) is 0 Å². The van der Waals surface area contributed by atoms with Gasteiger partial charge in [-0.05, 0) is 53.9 Å². The Balaban J connectivity index is 5.34. The maximum atomic E-state index is 14.6. The van der Waals surface area contributed by atoms with E-state index in [0.29, 0.717) is 6.42 Å². The Bertz CT molecular complexity index is 890. The van der Waals surface area contributed by atoms with E-state index in [1.807, 2.05) is 6.92 Å². The van der Waals surface area contributed by atoms with Gasteiger partial charge in [0.2, 0.25) is 0 Å². The van der Waals surface area contributed by atoms with Crippen molar-refractivity contribution in [1.29, 1.82) is 0 Å². The van der Waals surface area contributed by atoms with Gasteiger partial charge in [0, 0.05) is 11.1 Å². The van der Waals surface area contributed by atoms with Crippen LogP contribution in [0.1, 0.15) is 33.6 Å². The van der Waals surface area contributed by atoms with Crippen molar-refractivity contribution in [3.05, 3.63) is 121 Å². The smallest absolute Gasteiger partial charge is 0.166 e. The Kier molecular flexibility index (Phi) is 11.6. The van der Waals surface area contributed by atoms with Gasteiger partial charge in [-0.15, -0.1) is 6.58 Å². The molecule has 0 nitrogen and oxygen atoms in total. The predicted molar refractivity (Wildman–Crippen MR) is 126 cm³/mol. The molecule has 0 aromatic carbocycles. The molecule has 0 aromatic heterocycles. The molecule has 31 heavy (non-hydrogen) atoms. The van der Waals surface area contributed by atoms with Crippen LogP contribution in [0.2, 0.25) is 0 Å². The summed E-state index contributed by atoms with van der Waals surface area (Å²) in [6.07, 6.45) is 5.74. The van der Waals surface area contributed by atoms with Gasteiger partial charge >= 0.3 is 0 Å². The van der Waals surface area contributed by atoms with Crippen molar-refractivity contribution >= 4 is 0 Å². The van der Waals surface area contributed by atoms with E-state index in [2.05, 4.69) is 46.1 Å². The van der Waals surface area contributed by atoms with Crippen molar-refractivity contribution in [2.45, 2.75) is 33.6 Å². The molecule has 0 heterocycles. The van der Waals surface area contributed by atoms with E-state index in [1.165, 1.54) is 19.1 Å². The van der Waals surface area contributed by atoms with E-state index in [0.717, 1.165) is 6.42 Å². The molecule has 0 saturated carbocycles. The Morgan fingerprint density at radius 3 is 1.52 bits per heavy atom. The Hall–Kier alpha value is -2.88. The minimum absolute atomic E-state index is 0.0297. The monoisotopic (exact) mass is 432 g/mol. The highest BCUT2D eigenvalue weighted by Crippen LogP contribution is 2.32. The Morgan fingerprint density at radius 1 is 0.710 bits per heavy atom. The summed E-state index contributed by atoms with van der Waals surface area (Å²) in [6.45, 7) is 30.0. The minimum atomic E-state index is -1.19. The van der Waals surface area contributed by atoms with Gasteiger partial charge in [-0.2, -0.15) is 0 Å². The van der Waals surface area contributed by atoms with E-state index >= 15 is 0 Å². The van der Waals surface area contributed by atoms with Crippen LogP contribution in [-0.2, 0) is 0 Å². The summed E-state index contributed by atoms with van der Waals surface area (Å²) in [4.78, 5) is 0. The molecular formula is C27H32F4. The molecule has 0 rings (SSSR count). The topological polar surface area (TPSA) is 0 Å². The molecule has 0 aliphatic heterocycles. The number of hydrogen-bond acceptors (Lipinski definition) is 0. The van der Waals surface area contributed by atoms with Crippen LogP contribution >= 0.6 is 0 Å². The van der Waals surface area contributed by atoms with Crippen LogP contribution in [0, 0.1) is 11.8 Å². The second-order valence-corrected chi connectivity index (χ2v) is 7.59. The van der Waals surface area contributed by atoms with Gasteiger partial charge in [0.25, 0.3) is 0 Å². The summed E-state index contributed by atoms with van der Waals surface area (Å²) in [6, 6.07) is 0. The van der Waals surface area contributed by atoms with Gasteiger partial charge in [-0.25, -0.2) is 17.6 Å². The average molecular weight is 433 g/mol. The molecule has 0 N–H and O–H groups in total. The number of halogens is 4. The molecule has 0 fully saturated rings. The minimum Gasteiger partial charge on any atom is -0.203 e. The first-order valence-corrected chi connectivity index (χ1v) is 9.79. The molecule has 4 heteroatoms. The first kappa shape index (κ1) is 28.1. The molecule has 0 aliphatic carbocycles. The zero-order chi connectivity index (χ0) is 24.5. The largest absolute Gasteiger partial charge is 0.203 e. The lowest BCUT2D eigenvalue weighted by molar-refractivity contribution is 0.486. The number of rotatable bonds is 13. The van der Waals surface area contributed by atoms with Gasteiger partial charge in [-0.3, -0.25) is 0 Å². The SMILES string of the molecule is C=CC(C)CCC(C)C(=C)/C(F)=C(/F)C(=C)C(=C)/C=C\C(=C)C(=C)/C(F)=C(/F)C(=C)C. The maximum Gasteiger partial charge on any atom is 0.166 e. The third-order valence-corrected chi connectivity index (χ3v) is 4.89. The fourth-order valence-electron chi connectivity index (χ4n) is 2.30. The summed E-state index contributed by atoms with van der Waals surface area (Å²) < 4.78 is 56.8. The van der Waals surface area contributed by atoms with Crippen molar-refractivity contribution in [1.82, 2.24) is 0 Å². The number of hydrogen-bond donors (Lipinski definition) is 0. The molecular weight excluding hydrogens is 400 g/mol. The van der Waals surface area contributed by atoms with Crippen molar-refractivity contribution < 1.29 is 17.6 Å². The third-order valence-electron chi connectivity index (χ3n) is 4.89. The van der Waals surface area contributed by atoms with E-state index < -0.39 is 23.3 Å². The lowest BCUT2D eigenvalue weighted by atomic mass is 9.91. The van der Waals surface area contributed by atoms with Crippen molar-refractivity contribution in [3.8, 4) is 0 Å². The third kappa shape index (κ3) is 8.41. The summed E-state index contributed by atoms with van der Waals surface area (Å²) >= 11 is 0. The second-order valence-electron chi connectivity index (χ2n) is 7.59. The molecule has 0 aliphatic rings. The van der Waals surface area contributed by atoms with Crippen LogP contribution in [0.5, 0.6) is 0 Å². The van der Waals surface area contributed by atoms with Gasteiger partial charge in [0.1, 0.15) is 0 Å². The lowest BCUT2D eigenvalue weighted by Gasteiger charge is -2.16. The summed E-state index contributed by atoms with van der Waals surface area (Å²) in [5, 5.41) is 0. The van der Waals surface area contributed by atoms with Crippen molar-refractivity contribution in [2.24, 2.45) is 11.8 Å². The average Bonchev–Trinajstić information content (AvgIpc) is 2.76. The molecule has 0 aromatic rings. The van der Waals surface area contributed by atoms with E-state index in [4.69, 9.17) is 0 Å². The first-order valence-electron chi connectivity index (χ1n) is 9.79. The summed E-state index contributed by atoms with van der Waals surface area (Å²) in [5.41, 5.74) is -0.581. The Labute approximate surface area is 184 Å². The fourth-order valence-corrected chi connectivity index (χ4v) is 2.30. The zero-order valence-electron chi connectivity index (χ0n) is 18.8. The second kappa shape index (κ2) is 12.7. The standard InChI is InChI=1S/C27H32F4/c1-11-17(4)12-13-18(5)22(9)26(30)27(31)23(10)20(7)15-14-19(6)21(8)25(29)24(28)16(2)3/h11,14-15,17-18H,1-2,6-10,12-13H2,3-5H3/b15-14-,25-24-,27-26-. The highest BCUT2D eigenvalue weighted by Gasteiger charge is 2.19. The van der Waals surface area contributed by atoms with Gasteiger partial charge in [0.15, 0.2) is 23.3 Å². The fraction of sp³-hybridized carbons (Fsp3) is 0.259. The zero-order valence-corrected chi connectivity index (χ0v) is 18.8. The lowest BCUT2D eigenvalue weighted by Crippen LogP contribution is -2.03. The highest BCUT2D eigenvalue weighted by molar-refractivity contribution is 5.54. The van der Waals surface area contributed by atoms with Crippen molar-refractivity contribution in [2.75, 3.05) is 0 Å². The highest BCUT2D eigenvalue weighted by atomic mass is 19.2. The van der Waals surface area contributed by atoms with Gasteiger partial charge in [-0.1, -0.05) is 71.5 Å². The molecule has 168 valence electrons. The predicted octanol–water partition coefficient (Wildman–Crippen LogP) is 9.44. The maximum absolute atomic E-state index is 14.6. The molecule has 0 amide bonds. The van der Waals surface area contributed by atoms with E-state index in [9.17, 15) is 17.6 Å². The van der Waals surface area contributed by atoms with Gasteiger partial charge < -0.3 is 0 Å². The normalized spacial score (nSPS) is 14.8. The molecule has 0 radical (unpaired) electrons. The molecule has 2 atom stereocenters. The Morgan fingerprint density at radius 2 is 1.13 bits per heavy atom. The molecule has 0 bridgehead atoms. The van der Waals surface area contributed by atoms with Crippen LogP contribution in [0.25, 0.3) is 0 Å². The molecule has 0 saturated heterocycles. The van der Waals surface area contributed by atoms with E-state index in [1.54, 1.807) is 13.0 Å². The summed E-state index contributed by atoms with van der Waals surface area (Å²) in [5.74, 6) is -4.59. The number of allylic oxidation sites excluding steroid dienone is 13. The van der Waals surface area contributed by atoms with Crippen molar-refractivity contribution in [3.63, 3.8) is 0 Å². The quantitative estimate of drug-likeness (QED) is 0.154. The molecule has 2 unspecified atom stereocenters. The molecule has 0 spiro atoms. The van der Waals surface area contributed by atoms with Crippen LogP contribution in [0.3, 0.4) is 0 Å². The van der Waals surface area contributed by atoms with Crippen LogP contribution < -0.4 is 0 Å². The van der Waals surface area contributed by atoms with Crippen LogP contribution in [-0.4, -0.2) is 0 Å².